The van der Waals surface area contributed by atoms with E-state index in [9.17, 15) is 4.79 Å². The summed E-state index contributed by atoms with van der Waals surface area (Å²) in [5.41, 5.74) is 1.82. The molecular weight excluding hydrogens is 356 g/mol. The van der Waals surface area contributed by atoms with Crippen LogP contribution in [-0.4, -0.2) is 65.3 Å². The van der Waals surface area contributed by atoms with Gasteiger partial charge < -0.3 is 19.5 Å². The largest absolute Gasteiger partial charge is 0.449 e. The number of aromatic nitrogens is 2. The second kappa shape index (κ2) is 8.17. The Hall–Kier alpha value is -2.63. The topological polar surface area (TPSA) is 90.3 Å². The first-order chi connectivity index (χ1) is 13.6. The zero-order valence-electron chi connectivity index (χ0n) is 16.2. The Balaban J connectivity index is 1.35. The van der Waals surface area contributed by atoms with Crippen molar-refractivity contribution in [2.45, 2.75) is 25.9 Å². The number of carbonyl (C=O) groups excluding carboxylic acids is 1. The van der Waals surface area contributed by atoms with Gasteiger partial charge >= 0.3 is 0 Å². The number of nitrogens with one attached hydrogen (secondary N) is 1. The normalized spacial score (nSPS) is 20.0. The fraction of sp³-hybridized carbons (Fsp3) is 0.550. The molecule has 2 aliphatic rings. The summed E-state index contributed by atoms with van der Waals surface area (Å²) in [6.07, 6.45) is 3.63. The molecule has 28 heavy (non-hydrogen) atoms. The van der Waals surface area contributed by atoms with Gasteiger partial charge in [-0.05, 0) is 44.5 Å². The molecule has 1 atom stereocenters. The summed E-state index contributed by atoms with van der Waals surface area (Å²) >= 11 is 0. The van der Waals surface area contributed by atoms with Crippen LogP contribution in [0.1, 0.15) is 34.0 Å². The lowest BCUT2D eigenvalue weighted by molar-refractivity contribution is 0.0662. The van der Waals surface area contributed by atoms with Gasteiger partial charge in [-0.1, -0.05) is 0 Å². The first-order valence-electron chi connectivity index (χ1n) is 9.86. The Morgan fingerprint density at radius 2 is 2.14 bits per heavy atom. The highest BCUT2D eigenvalue weighted by molar-refractivity contribution is 5.95. The lowest BCUT2D eigenvalue weighted by Gasteiger charge is -2.32. The Labute approximate surface area is 164 Å². The molecule has 2 aromatic rings. The predicted molar refractivity (Wildman–Crippen MR) is 103 cm³/mol. The van der Waals surface area contributed by atoms with Crippen molar-refractivity contribution in [2.24, 2.45) is 5.92 Å². The van der Waals surface area contributed by atoms with E-state index in [1.165, 1.54) is 0 Å². The smallest absolute Gasteiger partial charge is 0.257 e. The van der Waals surface area contributed by atoms with Crippen LogP contribution in [0.15, 0.2) is 22.7 Å². The summed E-state index contributed by atoms with van der Waals surface area (Å²) in [6.45, 7) is 5.68. The maximum Gasteiger partial charge on any atom is 0.257 e. The van der Waals surface area contributed by atoms with Gasteiger partial charge in [-0.25, -0.2) is 0 Å². The van der Waals surface area contributed by atoms with Gasteiger partial charge in [0.15, 0.2) is 0 Å². The molecule has 148 valence electrons. The van der Waals surface area contributed by atoms with E-state index in [2.05, 4.69) is 22.4 Å². The lowest BCUT2D eigenvalue weighted by Crippen LogP contribution is -2.47. The predicted octanol–water partition coefficient (Wildman–Crippen LogP) is 1.09. The van der Waals surface area contributed by atoms with E-state index in [4.69, 9.17) is 9.68 Å². The number of aryl methyl sites for hydroxylation is 1. The van der Waals surface area contributed by atoms with Crippen LogP contribution >= 0.6 is 0 Å². The molecule has 0 bridgehead atoms. The molecule has 1 amide bonds. The molecule has 1 fully saturated rings. The van der Waals surface area contributed by atoms with Crippen molar-refractivity contribution in [3.63, 3.8) is 0 Å². The highest BCUT2D eigenvalue weighted by Gasteiger charge is 2.28. The number of hydrogen-bond acceptors (Lipinski definition) is 6. The van der Waals surface area contributed by atoms with E-state index >= 15 is 0 Å². The first-order valence-corrected chi connectivity index (χ1v) is 9.86. The summed E-state index contributed by atoms with van der Waals surface area (Å²) in [4.78, 5) is 17.2. The Kier molecular flexibility index (Phi) is 5.46. The van der Waals surface area contributed by atoms with E-state index in [1.807, 2.05) is 21.7 Å². The molecule has 1 saturated heterocycles. The summed E-state index contributed by atoms with van der Waals surface area (Å²) in [6, 6.07) is 5.51. The number of nitriles is 1. The summed E-state index contributed by atoms with van der Waals surface area (Å²) in [5, 5.41) is 16.7. The first kappa shape index (κ1) is 18.7. The highest BCUT2D eigenvalue weighted by atomic mass is 16.3. The highest BCUT2D eigenvalue weighted by Crippen LogP contribution is 2.24. The van der Waals surface area contributed by atoms with Crippen molar-refractivity contribution in [3.8, 4) is 6.07 Å². The molecule has 0 spiro atoms. The van der Waals surface area contributed by atoms with Crippen molar-refractivity contribution < 1.29 is 9.21 Å². The van der Waals surface area contributed by atoms with Crippen LogP contribution < -0.4 is 5.32 Å². The fourth-order valence-electron chi connectivity index (χ4n) is 3.96. The monoisotopic (exact) mass is 382 g/mol. The molecule has 8 heteroatoms. The zero-order valence-corrected chi connectivity index (χ0v) is 16.2. The molecule has 2 aliphatic heterocycles. The van der Waals surface area contributed by atoms with E-state index in [1.54, 1.807) is 12.3 Å². The van der Waals surface area contributed by atoms with Crippen molar-refractivity contribution in [1.29, 1.82) is 5.26 Å². The van der Waals surface area contributed by atoms with Crippen molar-refractivity contribution in [2.75, 3.05) is 39.8 Å². The van der Waals surface area contributed by atoms with Gasteiger partial charge in [0.05, 0.1) is 24.0 Å². The molecule has 0 aliphatic carbocycles. The fourth-order valence-corrected chi connectivity index (χ4v) is 3.96. The van der Waals surface area contributed by atoms with E-state index in [0.29, 0.717) is 18.2 Å². The van der Waals surface area contributed by atoms with Crippen LogP contribution in [0.5, 0.6) is 0 Å². The van der Waals surface area contributed by atoms with Gasteiger partial charge in [-0.2, -0.15) is 10.4 Å². The maximum absolute atomic E-state index is 13.0. The van der Waals surface area contributed by atoms with Crippen molar-refractivity contribution in [1.82, 2.24) is 24.9 Å². The number of nitrogens with zero attached hydrogens (tertiary/aromatic N) is 5. The minimum absolute atomic E-state index is 0.113. The summed E-state index contributed by atoms with van der Waals surface area (Å²) in [7, 11) is 2.09. The molecule has 0 radical (unpaired) electrons. The lowest BCUT2D eigenvalue weighted by atomic mass is 9.94. The molecule has 0 saturated carbocycles. The van der Waals surface area contributed by atoms with Gasteiger partial charge in [0.25, 0.3) is 5.91 Å². The standard InChI is InChI=1S/C20H26N6O2/c1-24-6-8-25(9-7-24)20(27)18-14-23-26-5-4-15(10-19(18)26)12-22-13-17-3-2-16(11-21)28-17/h2-3,14-15,22H,4-10,12-13H2,1H3/t15-/m1/s1. The average Bonchev–Trinajstić information content (AvgIpc) is 3.34. The third-order valence-electron chi connectivity index (χ3n) is 5.70. The second-order valence-electron chi connectivity index (χ2n) is 7.69. The molecule has 4 heterocycles. The molecule has 4 rings (SSSR count). The molecule has 0 unspecified atom stereocenters. The number of hydrogen-bond donors (Lipinski definition) is 1. The van der Waals surface area contributed by atoms with Crippen molar-refractivity contribution in [3.05, 3.63) is 41.1 Å². The van der Waals surface area contributed by atoms with Crippen LogP contribution in [0.3, 0.4) is 0 Å². The van der Waals surface area contributed by atoms with Gasteiger partial charge in [0.1, 0.15) is 11.8 Å². The minimum atomic E-state index is 0.113. The minimum Gasteiger partial charge on any atom is -0.449 e. The van der Waals surface area contributed by atoms with Crippen LogP contribution in [0.4, 0.5) is 0 Å². The number of carbonyl (C=O) groups is 1. The second-order valence-corrected chi connectivity index (χ2v) is 7.69. The third kappa shape index (κ3) is 3.96. The Morgan fingerprint density at radius 3 is 2.89 bits per heavy atom. The number of likely N-dealkylation sites (N-methyl/N-ethyl adjacent to an activating group) is 1. The number of furan rings is 1. The summed E-state index contributed by atoms with van der Waals surface area (Å²) in [5.74, 6) is 1.67. The van der Waals surface area contributed by atoms with Crippen LogP contribution in [-0.2, 0) is 19.5 Å². The van der Waals surface area contributed by atoms with Crippen LogP contribution in [0, 0.1) is 17.2 Å². The summed E-state index contributed by atoms with van der Waals surface area (Å²) < 4.78 is 7.39. The van der Waals surface area contributed by atoms with Crippen molar-refractivity contribution >= 4 is 5.91 Å². The third-order valence-corrected chi connectivity index (χ3v) is 5.70. The van der Waals surface area contributed by atoms with E-state index in [-0.39, 0.29) is 5.91 Å². The average molecular weight is 382 g/mol. The van der Waals surface area contributed by atoms with Gasteiger partial charge in [-0.15, -0.1) is 0 Å². The molecule has 8 nitrogen and oxygen atoms in total. The van der Waals surface area contributed by atoms with Gasteiger partial charge in [0, 0.05) is 32.7 Å². The maximum atomic E-state index is 13.0. The number of piperazine rings is 1. The molecule has 2 aromatic heterocycles. The SMILES string of the molecule is CN1CCN(C(=O)c2cnn3c2C[C@H](CNCc2ccc(C#N)o2)CC3)CC1. The van der Waals surface area contributed by atoms with Gasteiger partial charge in [-0.3, -0.25) is 9.48 Å². The number of fused-ring (bicyclic) bond motifs is 1. The van der Waals surface area contributed by atoms with E-state index in [0.717, 1.165) is 69.1 Å². The Morgan fingerprint density at radius 1 is 1.32 bits per heavy atom. The van der Waals surface area contributed by atoms with Crippen LogP contribution in [0.25, 0.3) is 0 Å². The molecular formula is C20H26N6O2. The number of rotatable bonds is 5. The quantitative estimate of drug-likeness (QED) is 0.832. The van der Waals surface area contributed by atoms with Gasteiger partial charge in [0.2, 0.25) is 5.76 Å². The van der Waals surface area contributed by atoms with Crippen LogP contribution in [0.2, 0.25) is 0 Å². The van der Waals surface area contributed by atoms with E-state index < -0.39 is 0 Å². The molecule has 0 aromatic carbocycles. The Bertz CT molecular complexity index is 872. The molecule has 1 N–H and O–H groups in total. The number of amides is 1. The zero-order chi connectivity index (χ0) is 19.5.